The fourth-order valence-electron chi connectivity index (χ4n) is 5.90. The van der Waals surface area contributed by atoms with Crippen LogP contribution in [0, 0.1) is 0 Å². The summed E-state index contributed by atoms with van der Waals surface area (Å²) in [5.74, 6) is -2.89. The summed E-state index contributed by atoms with van der Waals surface area (Å²) in [5, 5.41) is 4.90. The summed E-state index contributed by atoms with van der Waals surface area (Å²) in [6.07, 6.45) is 7.13. The molecule has 1 aromatic carbocycles. The number of esters is 1. The highest BCUT2D eigenvalue weighted by atomic mass is 16.6. The normalized spacial score (nSPS) is 15.2. The van der Waals surface area contributed by atoms with E-state index in [1.165, 1.54) is 6.07 Å². The first-order valence-electron chi connectivity index (χ1n) is 20.2. The molecule has 320 valence electrons. The van der Waals surface area contributed by atoms with E-state index in [1.807, 2.05) is 0 Å². The van der Waals surface area contributed by atoms with Gasteiger partial charge in [0, 0.05) is 25.9 Å². The molecule has 5 amide bonds. The number of piperidine rings is 1. The average molecular weight is 808 g/mol. The summed E-state index contributed by atoms with van der Waals surface area (Å²) in [6.45, 7) is 8.68. The van der Waals surface area contributed by atoms with Crippen LogP contribution < -0.4 is 10.6 Å². The first kappa shape index (κ1) is 47.5. The highest BCUT2D eigenvalue weighted by molar-refractivity contribution is 6.26. The van der Waals surface area contributed by atoms with Crippen LogP contribution in [-0.4, -0.2) is 146 Å². The zero-order valence-corrected chi connectivity index (χ0v) is 33.4. The van der Waals surface area contributed by atoms with Crippen LogP contribution in [0.4, 0.5) is 5.69 Å². The van der Waals surface area contributed by atoms with E-state index < -0.39 is 29.7 Å². The predicted molar refractivity (Wildman–Crippen MR) is 206 cm³/mol. The maximum absolute atomic E-state index is 13.2. The van der Waals surface area contributed by atoms with Crippen LogP contribution in [0.25, 0.3) is 0 Å². The number of benzene rings is 1. The van der Waals surface area contributed by atoms with Gasteiger partial charge >= 0.3 is 5.97 Å². The number of nitrogens with zero attached hydrogens (tertiary/aromatic N) is 1. The van der Waals surface area contributed by atoms with Gasteiger partial charge < -0.3 is 43.2 Å². The minimum atomic E-state index is -1.07. The molecule has 0 saturated carbocycles. The number of anilines is 1. The molecule has 0 spiro atoms. The van der Waals surface area contributed by atoms with Crippen LogP contribution in [0.15, 0.2) is 18.2 Å². The Hall–Kier alpha value is -3.84. The molecule has 1 fully saturated rings. The number of unbranched alkanes of at least 4 members (excludes halogenated alkanes) is 5. The van der Waals surface area contributed by atoms with E-state index in [2.05, 4.69) is 17.6 Å². The Labute approximate surface area is 335 Å². The monoisotopic (exact) mass is 807 g/mol. The van der Waals surface area contributed by atoms with Crippen LogP contribution in [0.2, 0.25) is 0 Å². The van der Waals surface area contributed by atoms with Gasteiger partial charge in [-0.1, -0.05) is 38.7 Å². The van der Waals surface area contributed by atoms with Crippen molar-refractivity contribution in [1.82, 2.24) is 10.2 Å². The van der Waals surface area contributed by atoms with Gasteiger partial charge in [-0.05, 0) is 37.8 Å². The first-order chi connectivity index (χ1) is 27.8. The summed E-state index contributed by atoms with van der Waals surface area (Å²) in [5.41, 5.74) is 0.378. The van der Waals surface area contributed by atoms with Crippen molar-refractivity contribution in [2.24, 2.45) is 0 Å². The molecule has 1 atom stereocenters. The number of nitrogens with one attached hydrogen (secondary N) is 2. The summed E-state index contributed by atoms with van der Waals surface area (Å²) in [6, 6.07) is 3.52. The number of carbonyl (C=O) groups is 6. The van der Waals surface area contributed by atoms with Crippen molar-refractivity contribution in [1.29, 1.82) is 0 Å². The van der Waals surface area contributed by atoms with Crippen molar-refractivity contribution in [3.05, 3.63) is 29.3 Å². The average Bonchev–Trinajstić information content (AvgIpc) is 3.45. The molecular formula is C40H61N3O14. The van der Waals surface area contributed by atoms with Crippen LogP contribution in [0.3, 0.4) is 0 Å². The van der Waals surface area contributed by atoms with Gasteiger partial charge in [-0.2, -0.15) is 0 Å². The number of fused-ring (bicyclic) bond motifs is 1. The predicted octanol–water partition coefficient (Wildman–Crippen LogP) is 3.22. The van der Waals surface area contributed by atoms with Gasteiger partial charge in [0.15, 0.2) is 0 Å². The van der Waals surface area contributed by atoms with E-state index in [9.17, 15) is 28.8 Å². The standard InChI is InChI=1S/C40H61N3O14/c1-2-3-4-7-13-36(46)57-30-29-56-28-27-55-26-25-54-24-23-53-22-21-52-20-19-51-18-17-50-16-8-5-6-12-34(44)41-32-11-9-10-31-37(32)40(49)43(39(31)48)33-14-15-35(45)42-38(33)47/h9-11,33H,2-8,12-30H2,1H3,(H,41,44)(H,42,45,47). The second-order valence-electron chi connectivity index (χ2n) is 13.4. The molecular weight excluding hydrogens is 746 g/mol. The van der Waals surface area contributed by atoms with Crippen molar-refractivity contribution in [2.75, 3.05) is 104 Å². The maximum atomic E-state index is 13.2. The smallest absolute Gasteiger partial charge is 0.305 e. The van der Waals surface area contributed by atoms with Gasteiger partial charge in [-0.15, -0.1) is 0 Å². The van der Waals surface area contributed by atoms with Crippen LogP contribution >= 0.6 is 0 Å². The topological polar surface area (TPSA) is 204 Å². The molecule has 0 bridgehead atoms. The van der Waals surface area contributed by atoms with Crippen LogP contribution in [-0.2, 0) is 57.1 Å². The molecule has 2 aliphatic rings. The van der Waals surface area contributed by atoms with E-state index >= 15 is 0 Å². The number of imide groups is 2. The number of hydrogen-bond donors (Lipinski definition) is 2. The molecule has 17 heteroatoms. The van der Waals surface area contributed by atoms with Crippen molar-refractivity contribution in [2.45, 2.75) is 83.6 Å². The maximum Gasteiger partial charge on any atom is 0.305 e. The van der Waals surface area contributed by atoms with Crippen molar-refractivity contribution < 1.29 is 66.7 Å². The summed E-state index contributed by atoms with van der Waals surface area (Å²) >= 11 is 0. The molecule has 2 N–H and O–H groups in total. The largest absolute Gasteiger partial charge is 0.463 e. The van der Waals surface area contributed by atoms with Crippen LogP contribution in [0.5, 0.6) is 0 Å². The summed E-state index contributed by atoms with van der Waals surface area (Å²) < 4.78 is 43.5. The molecule has 0 aromatic heterocycles. The number of hydrogen-bond acceptors (Lipinski definition) is 14. The summed E-state index contributed by atoms with van der Waals surface area (Å²) in [4.78, 5) is 75.1. The molecule has 1 aromatic rings. The molecule has 2 aliphatic heterocycles. The molecule has 1 unspecified atom stereocenters. The van der Waals surface area contributed by atoms with Crippen molar-refractivity contribution >= 4 is 41.2 Å². The van der Waals surface area contributed by atoms with E-state index in [0.717, 1.165) is 43.4 Å². The first-order valence-corrected chi connectivity index (χ1v) is 20.2. The Morgan fingerprint density at radius 3 is 1.74 bits per heavy atom. The van der Waals surface area contributed by atoms with Crippen molar-refractivity contribution in [3.8, 4) is 0 Å². The molecule has 3 rings (SSSR count). The Kier molecular flexibility index (Phi) is 24.5. The second kappa shape index (κ2) is 29.4. The Bertz CT molecular complexity index is 1390. The lowest BCUT2D eigenvalue weighted by atomic mass is 10.0. The zero-order valence-electron chi connectivity index (χ0n) is 33.4. The van der Waals surface area contributed by atoms with Crippen molar-refractivity contribution in [3.63, 3.8) is 0 Å². The highest BCUT2D eigenvalue weighted by Gasteiger charge is 2.45. The van der Waals surface area contributed by atoms with E-state index in [-0.39, 0.29) is 54.6 Å². The second-order valence-corrected chi connectivity index (χ2v) is 13.4. The fourth-order valence-corrected chi connectivity index (χ4v) is 5.90. The Balaban J connectivity index is 1.04. The van der Waals surface area contributed by atoms with Gasteiger partial charge in [0.25, 0.3) is 11.8 Å². The Morgan fingerprint density at radius 1 is 0.649 bits per heavy atom. The molecule has 0 radical (unpaired) electrons. The SMILES string of the molecule is CCCCCCC(=O)OCCOCCOCCOCCOCCOCCOCCOCCCCCC(=O)Nc1cccc2c1C(=O)N(C1CCC(=O)NC1=O)C2=O. The molecule has 57 heavy (non-hydrogen) atoms. The zero-order chi connectivity index (χ0) is 40.9. The third kappa shape index (κ3) is 19.0. The lowest BCUT2D eigenvalue weighted by molar-refractivity contribution is -0.145. The highest BCUT2D eigenvalue weighted by Crippen LogP contribution is 2.32. The van der Waals surface area contributed by atoms with E-state index in [0.29, 0.717) is 105 Å². The minimum Gasteiger partial charge on any atom is -0.463 e. The minimum absolute atomic E-state index is 0.0273. The number of ether oxygens (including phenoxy) is 8. The lowest BCUT2D eigenvalue weighted by Crippen LogP contribution is -2.54. The fraction of sp³-hybridized carbons (Fsp3) is 0.700. The lowest BCUT2D eigenvalue weighted by Gasteiger charge is -2.27. The molecule has 0 aliphatic carbocycles. The van der Waals surface area contributed by atoms with Gasteiger partial charge in [0.05, 0.1) is 103 Å². The van der Waals surface area contributed by atoms with Gasteiger partial charge in [-0.25, -0.2) is 0 Å². The van der Waals surface area contributed by atoms with Crippen LogP contribution in [0.1, 0.15) is 98.3 Å². The van der Waals surface area contributed by atoms with Gasteiger partial charge in [0.1, 0.15) is 12.6 Å². The Morgan fingerprint density at radius 2 is 1.18 bits per heavy atom. The number of amides is 5. The molecule has 2 heterocycles. The van der Waals surface area contributed by atoms with Gasteiger partial charge in [-0.3, -0.25) is 39.0 Å². The summed E-state index contributed by atoms with van der Waals surface area (Å²) in [7, 11) is 0. The van der Waals surface area contributed by atoms with E-state index in [1.54, 1.807) is 12.1 Å². The molecule has 17 nitrogen and oxygen atoms in total. The quantitative estimate of drug-likeness (QED) is 0.0584. The van der Waals surface area contributed by atoms with Gasteiger partial charge in [0.2, 0.25) is 17.7 Å². The number of rotatable bonds is 34. The molecule has 1 saturated heterocycles. The van der Waals surface area contributed by atoms with E-state index in [4.69, 9.17) is 37.9 Å². The third-order valence-electron chi connectivity index (χ3n) is 8.89. The number of carbonyl (C=O) groups excluding carboxylic acids is 6. The third-order valence-corrected chi connectivity index (χ3v) is 8.89.